The molecule has 0 bridgehead atoms. The molecule has 6 atom stereocenters. The van der Waals surface area contributed by atoms with Gasteiger partial charge in [-0.05, 0) is 19.3 Å². The number of carbonyl (C=O) groups is 3. The Hall–Kier alpha value is -1.26. The highest BCUT2D eigenvalue weighted by molar-refractivity contribution is 7.46. The first kappa shape index (κ1) is 35.8. The molecule has 18 nitrogen and oxygen atoms in total. The summed E-state index contributed by atoms with van der Waals surface area (Å²) >= 11 is 0. The number of ether oxygens (including phenoxy) is 3. The van der Waals surface area contributed by atoms with E-state index >= 15 is 0 Å². The maximum atomic E-state index is 12.4. The largest absolute Gasteiger partial charge is 0.470 e. The monoisotopic (exact) mass is 630 g/mol. The highest BCUT2D eigenvalue weighted by atomic mass is 31.2. The van der Waals surface area contributed by atoms with Gasteiger partial charge in [-0.2, -0.15) is 0 Å². The van der Waals surface area contributed by atoms with E-state index in [4.69, 9.17) is 18.7 Å². The molecule has 0 amide bonds. The van der Waals surface area contributed by atoms with E-state index in [2.05, 4.69) is 9.05 Å². The molecular formula is C18H33O18P3. The first-order chi connectivity index (χ1) is 17.8. The normalized spacial score (nSPS) is 26.1. The zero-order valence-electron chi connectivity index (χ0n) is 21.1. The van der Waals surface area contributed by atoms with Crippen molar-refractivity contribution >= 4 is 41.4 Å². The summed E-state index contributed by atoms with van der Waals surface area (Å²) in [6.07, 6.45) is -14.5. The molecule has 228 valence electrons. The Morgan fingerprint density at radius 2 is 0.692 bits per heavy atom. The van der Waals surface area contributed by atoms with Gasteiger partial charge in [0.1, 0.15) is 18.3 Å². The van der Waals surface area contributed by atoms with Crippen LogP contribution < -0.4 is 0 Å². The van der Waals surface area contributed by atoms with E-state index < -0.39 is 78.0 Å². The van der Waals surface area contributed by atoms with Crippen molar-refractivity contribution in [1.29, 1.82) is 0 Å². The van der Waals surface area contributed by atoms with Gasteiger partial charge in [0.15, 0.2) is 18.3 Å². The van der Waals surface area contributed by atoms with Crippen LogP contribution in [-0.4, -0.2) is 83.9 Å². The maximum Gasteiger partial charge on any atom is 0.470 e. The van der Waals surface area contributed by atoms with Crippen molar-refractivity contribution in [1.82, 2.24) is 0 Å². The van der Waals surface area contributed by atoms with E-state index in [0.29, 0.717) is 0 Å². The lowest BCUT2D eigenvalue weighted by molar-refractivity contribution is -0.240. The second kappa shape index (κ2) is 15.1. The fourth-order valence-electron chi connectivity index (χ4n) is 3.60. The Labute approximate surface area is 223 Å². The first-order valence-corrected chi connectivity index (χ1v) is 16.2. The standard InChI is InChI=1S/C18H33O18P3/c1-4-7-10(19)31-13-14(32-11(20)8-5-2)17(35-38(25,26)27)18(36-39(28,29)30)15(33-12(21)9-6-3)16(13)34-37(22,23)24/h13-18H,4-9H2,1-3H3,(H2,22,23,24)(H2,25,26,27)(H2,28,29,30)/t13-,14+,15-,16+,17+,18+/m1/s1. The number of hydrogen-bond donors (Lipinski definition) is 6. The van der Waals surface area contributed by atoms with E-state index in [1.165, 1.54) is 6.92 Å². The van der Waals surface area contributed by atoms with Crippen molar-refractivity contribution in [2.75, 3.05) is 0 Å². The van der Waals surface area contributed by atoms with Gasteiger partial charge in [-0.3, -0.25) is 28.0 Å². The van der Waals surface area contributed by atoms with Crippen molar-refractivity contribution in [3.05, 3.63) is 0 Å². The summed E-state index contributed by atoms with van der Waals surface area (Å²) in [5.74, 6) is -3.29. The summed E-state index contributed by atoms with van der Waals surface area (Å²) in [4.78, 5) is 94.4. The molecule has 0 spiro atoms. The molecule has 39 heavy (non-hydrogen) atoms. The van der Waals surface area contributed by atoms with Crippen LogP contribution in [-0.2, 0) is 55.9 Å². The predicted octanol–water partition coefficient (Wildman–Crippen LogP) is 0.569. The van der Waals surface area contributed by atoms with Gasteiger partial charge < -0.3 is 43.6 Å². The van der Waals surface area contributed by atoms with Gasteiger partial charge in [-0.15, -0.1) is 0 Å². The fourth-order valence-corrected chi connectivity index (χ4v) is 5.28. The molecule has 1 aliphatic carbocycles. The van der Waals surface area contributed by atoms with Crippen LogP contribution in [0.4, 0.5) is 0 Å². The highest BCUT2D eigenvalue weighted by Crippen LogP contribution is 2.51. The van der Waals surface area contributed by atoms with Crippen LogP contribution in [0.2, 0.25) is 0 Å². The molecule has 0 aromatic carbocycles. The van der Waals surface area contributed by atoms with Gasteiger partial charge >= 0.3 is 41.4 Å². The van der Waals surface area contributed by atoms with E-state index in [0.717, 1.165) is 0 Å². The molecule has 0 saturated heterocycles. The lowest BCUT2D eigenvalue weighted by Gasteiger charge is -2.47. The van der Waals surface area contributed by atoms with Crippen molar-refractivity contribution in [2.24, 2.45) is 0 Å². The maximum absolute atomic E-state index is 12.4. The van der Waals surface area contributed by atoms with E-state index in [-0.39, 0.29) is 38.5 Å². The fraction of sp³-hybridized carbons (Fsp3) is 0.833. The minimum Gasteiger partial charge on any atom is -0.456 e. The van der Waals surface area contributed by atoms with Crippen LogP contribution in [0.15, 0.2) is 0 Å². The zero-order valence-corrected chi connectivity index (χ0v) is 23.8. The second-order valence-corrected chi connectivity index (χ2v) is 11.9. The summed E-state index contributed by atoms with van der Waals surface area (Å²) in [6, 6.07) is 0. The van der Waals surface area contributed by atoms with Crippen LogP contribution in [0, 0.1) is 0 Å². The minimum atomic E-state index is -5.66. The quantitative estimate of drug-likeness (QED) is 0.0819. The number of phosphoric acid groups is 3. The van der Waals surface area contributed by atoms with E-state index in [9.17, 15) is 57.4 Å². The average Bonchev–Trinajstić information content (AvgIpc) is 2.73. The van der Waals surface area contributed by atoms with Gasteiger partial charge in [0.25, 0.3) is 0 Å². The van der Waals surface area contributed by atoms with Gasteiger partial charge in [-0.25, -0.2) is 13.7 Å². The molecule has 1 rings (SSSR count). The lowest BCUT2D eigenvalue weighted by Crippen LogP contribution is -2.67. The predicted molar refractivity (Wildman–Crippen MR) is 125 cm³/mol. The minimum absolute atomic E-state index is 0.161. The van der Waals surface area contributed by atoms with Crippen LogP contribution in [0.5, 0.6) is 0 Å². The Balaban J connectivity index is 3.94. The van der Waals surface area contributed by atoms with Gasteiger partial charge in [0.05, 0.1) is 0 Å². The molecule has 0 unspecified atom stereocenters. The lowest BCUT2D eigenvalue weighted by atomic mass is 9.84. The molecule has 1 aliphatic rings. The third-order valence-electron chi connectivity index (χ3n) is 4.88. The van der Waals surface area contributed by atoms with Gasteiger partial charge in [-0.1, -0.05) is 20.8 Å². The molecule has 6 N–H and O–H groups in total. The second-order valence-electron chi connectivity index (χ2n) is 8.30. The summed E-state index contributed by atoms with van der Waals surface area (Å²) in [6.45, 7) is 4.64. The van der Waals surface area contributed by atoms with E-state index in [1.807, 2.05) is 0 Å². The molecule has 0 heterocycles. The molecule has 1 fully saturated rings. The molecule has 0 aromatic rings. The Morgan fingerprint density at radius 3 is 0.897 bits per heavy atom. The zero-order chi connectivity index (χ0) is 30.2. The third-order valence-corrected chi connectivity index (χ3v) is 6.44. The summed E-state index contributed by atoms with van der Waals surface area (Å²) in [5, 5.41) is 0. The molecule has 1 saturated carbocycles. The Kier molecular flexibility index (Phi) is 13.9. The molecule has 0 aliphatic heterocycles. The average molecular weight is 630 g/mol. The molecule has 0 aromatic heterocycles. The number of esters is 3. The Morgan fingerprint density at radius 1 is 0.487 bits per heavy atom. The summed E-state index contributed by atoms with van der Waals surface area (Å²) < 4.78 is 65.0. The molecular weight excluding hydrogens is 597 g/mol. The molecule has 0 radical (unpaired) electrons. The van der Waals surface area contributed by atoms with Crippen LogP contribution in [0.1, 0.15) is 59.3 Å². The summed E-state index contributed by atoms with van der Waals surface area (Å²) in [5.41, 5.74) is 0. The van der Waals surface area contributed by atoms with Gasteiger partial charge in [0, 0.05) is 19.3 Å². The van der Waals surface area contributed by atoms with Crippen molar-refractivity contribution in [3.63, 3.8) is 0 Å². The topological polar surface area (TPSA) is 279 Å². The van der Waals surface area contributed by atoms with Crippen molar-refractivity contribution < 1.29 is 85.2 Å². The van der Waals surface area contributed by atoms with Crippen molar-refractivity contribution in [3.8, 4) is 0 Å². The number of hydrogen-bond acceptors (Lipinski definition) is 12. The summed E-state index contributed by atoms with van der Waals surface area (Å²) in [7, 11) is -16.9. The van der Waals surface area contributed by atoms with Crippen LogP contribution in [0.3, 0.4) is 0 Å². The van der Waals surface area contributed by atoms with Crippen LogP contribution >= 0.6 is 23.5 Å². The number of phosphoric ester groups is 3. The van der Waals surface area contributed by atoms with Gasteiger partial charge in [0.2, 0.25) is 0 Å². The van der Waals surface area contributed by atoms with Crippen LogP contribution in [0.25, 0.3) is 0 Å². The first-order valence-electron chi connectivity index (χ1n) is 11.6. The van der Waals surface area contributed by atoms with E-state index in [1.54, 1.807) is 13.8 Å². The molecule has 21 heteroatoms. The highest BCUT2D eigenvalue weighted by Gasteiger charge is 2.62. The number of rotatable bonds is 15. The smallest absolute Gasteiger partial charge is 0.456 e. The third kappa shape index (κ3) is 12.9. The SMILES string of the molecule is CCCC(=O)O[C@@H]1[C@H](OC(=O)CCC)[C@H](OP(=O)(O)O)[C@@H](OP(=O)(O)O)[C@H](OC(=O)CCC)[C@H]1OP(=O)(O)O. The van der Waals surface area contributed by atoms with Crippen molar-refractivity contribution in [2.45, 2.75) is 95.9 Å². The number of carbonyl (C=O) groups excluding carboxylic acids is 3. The Bertz CT molecular complexity index is 984.